The van der Waals surface area contributed by atoms with Crippen LogP contribution in [0, 0.1) is 5.82 Å². The van der Waals surface area contributed by atoms with Crippen molar-refractivity contribution in [1.82, 2.24) is 9.80 Å². The largest absolute Gasteiger partial charge is 0.495 e. The summed E-state index contributed by atoms with van der Waals surface area (Å²) < 4.78 is 19.2. The third-order valence-electron chi connectivity index (χ3n) is 4.86. The van der Waals surface area contributed by atoms with Crippen LogP contribution in [0.25, 0.3) is 11.8 Å². The molecule has 0 unspecified atom stereocenters. The fourth-order valence-corrected chi connectivity index (χ4v) is 4.68. The first-order chi connectivity index (χ1) is 12.5. The Morgan fingerprint density at radius 3 is 2.58 bits per heavy atom. The van der Waals surface area contributed by atoms with Crippen LogP contribution in [0.4, 0.5) is 4.39 Å². The molecule has 0 atom stereocenters. The summed E-state index contributed by atoms with van der Waals surface area (Å²) in [7, 11) is 3.75. The lowest BCUT2D eigenvalue weighted by Gasteiger charge is -2.36. The van der Waals surface area contributed by atoms with E-state index in [4.69, 9.17) is 16.3 Å². The highest BCUT2D eigenvalue weighted by Gasteiger charge is 2.24. The minimum Gasteiger partial charge on any atom is -0.495 e. The maximum absolute atomic E-state index is 13.8. The van der Waals surface area contributed by atoms with Gasteiger partial charge < -0.3 is 14.5 Å². The summed E-state index contributed by atoms with van der Waals surface area (Å²) in [6, 6.07) is 8.87. The van der Waals surface area contributed by atoms with Crippen molar-refractivity contribution in [3.63, 3.8) is 0 Å². The van der Waals surface area contributed by atoms with Gasteiger partial charge in [0.2, 0.25) is 0 Å². The molecular formula is C20H20ClFN2OS. The summed E-state index contributed by atoms with van der Waals surface area (Å²) in [5.41, 5.74) is 3.23. The molecule has 0 amide bonds. The lowest BCUT2D eigenvalue weighted by atomic mass is 10.1. The van der Waals surface area contributed by atoms with Crippen molar-refractivity contribution in [3.8, 4) is 5.75 Å². The van der Waals surface area contributed by atoms with E-state index in [1.807, 2.05) is 18.2 Å². The Labute approximate surface area is 162 Å². The van der Waals surface area contributed by atoms with E-state index in [-0.39, 0.29) is 5.82 Å². The Hall–Kier alpha value is -1.69. The molecule has 26 heavy (non-hydrogen) atoms. The predicted molar refractivity (Wildman–Crippen MR) is 105 cm³/mol. The molecule has 4 rings (SSSR count). The van der Waals surface area contributed by atoms with Gasteiger partial charge in [-0.05, 0) is 43.0 Å². The molecule has 2 aliphatic heterocycles. The van der Waals surface area contributed by atoms with Crippen LogP contribution in [-0.4, -0.2) is 50.1 Å². The van der Waals surface area contributed by atoms with Gasteiger partial charge >= 0.3 is 0 Å². The van der Waals surface area contributed by atoms with E-state index < -0.39 is 0 Å². The predicted octanol–water partition coefficient (Wildman–Crippen LogP) is 4.70. The van der Waals surface area contributed by atoms with E-state index in [0.717, 1.165) is 52.8 Å². The van der Waals surface area contributed by atoms with E-state index in [0.29, 0.717) is 10.8 Å². The third kappa shape index (κ3) is 3.31. The molecule has 136 valence electrons. The Morgan fingerprint density at radius 2 is 1.85 bits per heavy atom. The zero-order valence-corrected chi connectivity index (χ0v) is 16.3. The number of hydrogen-bond donors (Lipinski definition) is 0. The first-order valence-electron chi connectivity index (χ1n) is 8.55. The normalized spacial score (nSPS) is 17.2. The van der Waals surface area contributed by atoms with Gasteiger partial charge in [-0.2, -0.15) is 0 Å². The number of ether oxygens (including phenoxy) is 1. The molecule has 0 saturated carbocycles. The van der Waals surface area contributed by atoms with Gasteiger partial charge in [0.05, 0.1) is 12.1 Å². The number of benzene rings is 2. The smallest absolute Gasteiger partial charge is 0.138 e. The molecule has 2 aliphatic rings. The van der Waals surface area contributed by atoms with Crippen LogP contribution >= 0.6 is 23.4 Å². The van der Waals surface area contributed by atoms with Crippen LogP contribution in [0.2, 0.25) is 5.02 Å². The fraction of sp³-hybridized carbons (Fsp3) is 0.300. The van der Waals surface area contributed by atoms with Crippen LogP contribution in [0.3, 0.4) is 0 Å². The molecule has 0 N–H and O–H groups in total. The Bertz CT molecular complexity index is 878. The van der Waals surface area contributed by atoms with Crippen molar-refractivity contribution in [1.29, 1.82) is 0 Å². The van der Waals surface area contributed by atoms with Gasteiger partial charge in [0.25, 0.3) is 0 Å². The number of rotatable bonds is 2. The monoisotopic (exact) mass is 390 g/mol. The maximum Gasteiger partial charge on any atom is 0.138 e. The second-order valence-corrected chi connectivity index (χ2v) is 8.08. The van der Waals surface area contributed by atoms with Gasteiger partial charge in [-0.15, -0.1) is 0 Å². The minimum absolute atomic E-state index is 0.227. The average Bonchev–Trinajstić information content (AvgIpc) is 2.78. The van der Waals surface area contributed by atoms with Crippen molar-refractivity contribution in [2.75, 3.05) is 40.3 Å². The zero-order valence-electron chi connectivity index (χ0n) is 14.8. The zero-order chi connectivity index (χ0) is 18.3. The lowest BCUT2D eigenvalue weighted by molar-refractivity contribution is 0.207. The molecule has 1 fully saturated rings. The minimum atomic E-state index is -0.227. The number of hydrogen-bond acceptors (Lipinski definition) is 4. The molecule has 2 aromatic rings. The summed E-state index contributed by atoms with van der Waals surface area (Å²) in [5, 5.41) is 0.587. The Morgan fingerprint density at radius 1 is 1.08 bits per heavy atom. The Kier molecular flexibility index (Phi) is 4.86. The maximum atomic E-state index is 13.8. The number of nitrogens with zero attached hydrogens (tertiary/aromatic N) is 2. The molecule has 0 spiro atoms. The van der Waals surface area contributed by atoms with Gasteiger partial charge in [0, 0.05) is 47.2 Å². The quantitative estimate of drug-likeness (QED) is 0.738. The molecule has 6 heteroatoms. The molecule has 0 radical (unpaired) electrons. The van der Waals surface area contributed by atoms with Crippen LogP contribution < -0.4 is 4.74 Å². The summed E-state index contributed by atoms with van der Waals surface area (Å²) >= 11 is 7.99. The molecule has 2 heterocycles. The highest BCUT2D eigenvalue weighted by Crippen LogP contribution is 2.45. The second kappa shape index (κ2) is 7.14. The molecule has 2 aromatic carbocycles. The van der Waals surface area contributed by atoms with Crippen molar-refractivity contribution in [2.45, 2.75) is 9.79 Å². The standard InChI is InChI=1S/C20H20ClFN2OS/c1-23-5-7-24(8-6-23)17-9-13-3-4-14(22)10-19(13)26-20-12-18(25-2)16(21)11-15(17)20/h3-4,9-12H,5-8H2,1-2H3. The number of methoxy groups -OCH3 is 1. The Balaban J connectivity index is 1.87. The number of piperazine rings is 1. The molecule has 0 aliphatic carbocycles. The number of likely N-dealkylation sites (N-methyl/N-ethyl adjacent to an activating group) is 1. The molecule has 0 aromatic heterocycles. The molecular weight excluding hydrogens is 371 g/mol. The van der Waals surface area contributed by atoms with Gasteiger partial charge in [-0.1, -0.05) is 29.4 Å². The van der Waals surface area contributed by atoms with Gasteiger partial charge in [-0.3, -0.25) is 0 Å². The van der Waals surface area contributed by atoms with Crippen molar-refractivity contribution >= 4 is 35.1 Å². The topological polar surface area (TPSA) is 15.7 Å². The van der Waals surface area contributed by atoms with Gasteiger partial charge in [0.1, 0.15) is 11.6 Å². The summed E-state index contributed by atoms with van der Waals surface area (Å²) in [4.78, 5) is 6.65. The summed E-state index contributed by atoms with van der Waals surface area (Å²) in [6.45, 7) is 3.93. The highest BCUT2D eigenvalue weighted by molar-refractivity contribution is 7.99. The van der Waals surface area contributed by atoms with Crippen LogP contribution in [-0.2, 0) is 0 Å². The van der Waals surface area contributed by atoms with Gasteiger partial charge in [-0.25, -0.2) is 4.39 Å². The third-order valence-corrected chi connectivity index (χ3v) is 6.29. The molecule has 3 nitrogen and oxygen atoms in total. The summed E-state index contributed by atoms with van der Waals surface area (Å²) in [6.07, 6.45) is 2.15. The van der Waals surface area contributed by atoms with E-state index in [1.165, 1.54) is 6.07 Å². The molecule has 0 bridgehead atoms. The van der Waals surface area contributed by atoms with E-state index >= 15 is 0 Å². The van der Waals surface area contributed by atoms with E-state index in [1.54, 1.807) is 24.9 Å². The fourth-order valence-electron chi connectivity index (χ4n) is 3.34. The average molecular weight is 391 g/mol. The summed E-state index contributed by atoms with van der Waals surface area (Å²) in [5.74, 6) is 0.408. The lowest BCUT2D eigenvalue weighted by Crippen LogP contribution is -2.43. The van der Waals surface area contributed by atoms with Crippen molar-refractivity contribution in [2.24, 2.45) is 0 Å². The number of fused-ring (bicyclic) bond motifs is 2. The van der Waals surface area contributed by atoms with Crippen molar-refractivity contribution in [3.05, 3.63) is 52.3 Å². The highest BCUT2D eigenvalue weighted by atomic mass is 35.5. The van der Waals surface area contributed by atoms with Crippen LogP contribution in [0.1, 0.15) is 11.1 Å². The first kappa shape index (κ1) is 17.7. The SMILES string of the molecule is COc1cc2c(cc1Cl)C(N1CCN(C)CC1)=Cc1ccc(F)cc1S2. The van der Waals surface area contributed by atoms with E-state index in [9.17, 15) is 4.39 Å². The number of halogens is 2. The second-order valence-electron chi connectivity index (χ2n) is 6.59. The van der Waals surface area contributed by atoms with Crippen LogP contribution in [0.5, 0.6) is 5.75 Å². The molecule has 1 saturated heterocycles. The van der Waals surface area contributed by atoms with E-state index in [2.05, 4.69) is 22.9 Å². The van der Waals surface area contributed by atoms with Crippen molar-refractivity contribution < 1.29 is 9.13 Å². The van der Waals surface area contributed by atoms with Crippen LogP contribution in [0.15, 0.2) is 40.1 Å². The first-order valence-corrected chi connectivity index (χ1v) is 9.75. The van der Waals surface area contributed by atoms with Gasteiger partial charge in [0.15, 0.2) is 0 Å².